The Labute approximate surface area is 133 Å². The number of carbonyl (C=O) groups excluding carboxylic acids is 1. The van der Waals surface area contributed by atoms with Crippen molar-refractivity contribution in [2.45, 2.75) is 18.2 Å². The summed E-state index contributed by atoms with van der Waals surface area (Å²) in [5.41, 5.74) is 2.04. The standard InChI is InChI=1S/C18H16O5/c1-20-12-9-7-11(8-10-12)16-17-15(19)13-5-3-4-6-14(13)18(21-2,22-16)23-17/h3-10,16-17H,1-2H3/t16-,17+,18+/m1/s1. The third kappa shape index (κ3) is 2.01. The monoisotopic (exact) mass is 312 g/mol. The van der Waals surface area contributed by atoms with E-state index in [-0.39, 0.29) is 5.78 Å². The molecule has 0 saturated carbocycles. The Hall–Kier alpha value is -2.21. The van der Waals surface area contributed by atoms with Crippen molar-refractivity contribution in [2.24, 2.45) is 0 Å². The van der Waals surface area contributed by atoms with E-state index in [0.29, 0.717) is 11.1 Å². The Morgan fingerprint density at radius 2 is 1.65 bits per heavy atom. The third-order valence-corrected chi connectivity index (χ3v) is 4.33. The maximum Gasteiger partial charge on any atom is 0.313 e. The Kier molecular flexibility index (Phi) is 3.23. The molecule has 2 aromatic rings. The maximum absolute atomic E-state index is 12.8. The number of carbonyl (C=O) groups is 1. The molecule has 2 bridgehead atoms. The van der Waals surface area contributed by atoms with Gasteiger partial charge < -0.3 is 18.9 Å². The number of benzene rings is 2. The summed E-state index contributed by atoms with van der Waals surface area (Å²) in [7, 11) is 3.12. The van der Waals surface area contributed by atoms with E-state index in [4.69, 9.17) is 18.9 Å². The van der Waals surface area contributed by atoms with Crippen LogP contribution in [-0.2, 0) is 20.2 Å². The second kappa shape index (κ2) is 5.16. The Morgan fingerprint density at radius 3 is 2.35 bits per heavy atom. The molecule has 5 nitrogen and oxygen atoms in total. The number of hydrogen-bond acceptors (Lipinski definition) is 5. The first-order chi connectivity index (χ1) is 11.2. The molecule has 2 heterocycles. The largest absolute Gasteiger partial charge is 0.497 e. The fraction of sp³-hybridized carbons (Fsp3) is 0.278. The summed E-state index contributed by atoms with van der Waals surface area (Å²) >= 11 is 0. The summed E-state index contributed by atoms with van der Waals surface area (Å²) in [4.78, 5) is 12.8. The lowest BCUT2D eigenvalue weighted by molar-refractivity contribution is -0.343. The minimum Gasteiger partial charge on any atom is -0.497 e. The van der Waals surface area contributed by atoms with Gasteiger partial charge in [-0.1, -0.05) is 36.4 Å². The van der Waals surface area contributed by atoms with Crippen molar-refractivity contribution in [3.8, 4) is 5.75 Å². The summed E-state index contributed by atoms with van der Waals surface area (Å²) in [5.74, 6) is -0.682. The van der Waals surface area contributed by atoms with E-state index in [9.17, 15) is 4.79 Å². The minimum absolute atomic E-state index is 0.0911. The van der Waals surface area contributed by atoms with Crippen LogP contribution in [0.25, 0.3) is 0 Å². The normalized spacial score (nSPS) is 28.5. The summed E-state index contributed by atoms with van der Waals surface area (Å²) in [6.07, 6.45) is -1.25. The Balaban J connectivity index is 1.78. The average Bonchev–Trinajstić information content (AvgIpc) is 2.98. The van der Waals surface area contributed by atoms with Crippen LogP contribution in [0, 0.1) is 0 Å². The molecular formula is C18H16O5. The number of fused-ring (bicyclic) bond motifs is 4. The first-order valence-electron chi connectivity index (χ1n) is 7.37. The first-order valence-corrected chi connectivity index (χ1v) is 7.37. The fourth-order valence-corrected chi connectivity index (χ4v) is 3.16. The number of rotatable bonds is 3. The zero-order valence-corrected chi connectivity index (χ0v) is 12.8. The van der Waals surface area contributed by atoms with Gasteiger partial charge in [0.2, 0.25) is 0 Å². The average molecular weight is 312 g/mol. The van der Waals surface area contributed by atoms with Crippen LogP contribution in [-0.4, -0.2) is 26.1 Å². The lowest BCUT2D eigenvalue weighted by Gasteiger charge is -2.30. The molecule has 0 radical (unpaired) electrons. The molecule has 118 valence electrons. The lowest BCUT2D eigenvalue weighted by atomic mass is 9.93. The summed E-state index contributed by atoms with van der Waals surface area (Å²) in [6.45, 7) is 0. The number of ketones is 1. The van der Waals surface area contributed by atoms with E-state index < -0.39 is 18.2 Å². The molecule has 1 fully saturated rings. The Morgan fingerprint density at radius 1 is 0.957 bits per heavy atom. The topological polar surface area (TPSA) is 54.0 Å². The zero-order chi connectivity index (χ0) is 16.0. The molecule has 0 aromatic heterocycles. The van der Waals surface area contributed by atoms with Crippen LogP contribution in [0.15, 0.2) is 48.5 Å². The second-order valence-electron chi connectivity index (χ2n) is 5.52. The number of Topliss-reactive ketones (excluding diaryl/α,β-unsaturated/α-hetero) is 1. The van der Waals surface area contributed by atoms with Crippen LogP contribution < -0.4 is 4.74 Å². The van der Waals surface area contributed by atoms with Gasteiger partial charge in [0.15, 0.2) is 11.9 Å². The summed E-state index contributed by atoms with van der Waals surface area (Å²) < 4.78 is 22.6. The second-order valence-corrected chi connectivity index (χ2v) is 5.52. The van der Waals surface area contributed by atoms with Crippen LogP contribution in [0.5, 0.6) is 5.75 Å². The van der Waals surface area contributed by atoms with Gasteiger partial charge in [-0.05, 0) is 17.7 Å². The van der Waals surface area contributed by atoms with Crippen molar-refractivity contribution in [3.05, 3.63) is 65.2 Å². The molecule has 0 aliphatic carbocycles. The fourth-order valence-electron chi connectivity index (χ4n) is 3.16. The van der Waals surface area contributed by atoms with Crippen LogP contribution in [0.2, 0.25) is 0 Å². The molecule has 5 heteroatoms. The highest BCUT2D eigenvalue weighted by atomic mass is 16.9. The quantitative estimate of drug-likeness (QED) is 0.872. The van der Waals surface area contributed by atoms with Crippen molar-refractivity contribution in [1.82, 2.24) is 0 Å². The van der Waals surface area contributed by atoms with Gasteiger partial charge in [0.1, 0.15) is 11.9 Å². The highest BCUT2D eigenvalue weighted by molar-refractivity contribution is 6.02. The van der Waals surface area contributed by atoms with E-state index in [0.717, 1.165) is 11.3 Å². The van der Waals surface area contributed by atoms with Gasteiger partial charge in [-0.25, -0.2) is 0 Å². The molecule has 23 heavy (non-hydrogen) atoms. The highest BCUT2D eigenvalue weighted by Gasteiger charge is 2.58. The molecule has 3 atom stereocenters. The molecule has 4 rings (SSSR count). The van der Waals surface area contributed by atoms with Gasteiger partial charge in [0.05, 0.1) is 12.7 Å². The SMILES string of the molecule is COc1ccc([C@H]2O[C@]3(OC)O[C@H]2C(=O)c2ccccc23)cc1. The van der Waals surface area contributed by atoms with Crippen LogP contribution in [0.1, 0.15) is 27.6 Å². The van der Waals surface area contributed by atoms with E-state index in [1.54, 1.807) is 19.2 Å². The van der Waals surface area contributed by atoms with Crippen molar-refractivity contribution in [1.29, 1.82) is 0 Å². The van der Waals surface area contributed by atoms with Crippen molar-refractivity contribution in [2.75, 3.05) is 14.2 Å². The predicted octanol–water partition coefficient (Wildman–Crippen LogP) is 2.80. The number of methoxy groups -OCH3 is 2. The van der Waals surface area contributed by atoms with Crippen LogP contribution in [0.3, 0.4) is 0 Å². The van der Waals surface area contributed by atoms with Gasteiger partial charge in [0, 0.05) is 12.7 Å². The molecule has 0 unspecified atom stereocenters. The van der Waals surface area contributed by atoms with Crippen molar-refractivity contribution < 1.29 is 23.7 Å². The van der Waals surface area contributed by atoms with Crippen LogP contribution >= 0.6 is 0 Å². The number of hydrogen-bond donors (Lipinski definition) is 0. The molecule has 2 aliphatic rings. The maximum atomic E-state index is 12.8. The van der Waals surface area contributed by atoms with Gasteiger partial charge in [0.25, 0.3) is 0 Å². The van der Waals surface area contributed by atoms with Gasteiger partial charge >= 0.3 is 5.97 Å². The molecule has 2 aliphatic heterocycles. The predicted molar refractivity (Wildman–Crippen MR) is 81.2 cm³/mol. The summed E-state index contributed by atoms with van der Waals surface area (Å²) in [5, 5.41) is 0. The van der Waals surface area contributed by atoms with E-state index in [2.05, 4.69) is 0 Å². The van der Waals surface area contributed by atoms with Crippen molar-refractivity contribution in [3.63, 3.8) is 0 Å². The molecule has 1 saturated heterocycles. The highest BCUT2D eigenvalue weighted by Crippen LogP contribution is 2.50. The molecule has 0 spiro atoms. The van der Waals surface area contributed by atoms with Crippen molar-refractivity contribution >= 4 is 5.78 Å². The van der Waals surface area contributed by atoms with Gasteiger partial charge in [-0.3, -0.25) is 4.79 Å². The van der Waals surface area contributed by atoms with Crippen LogP contribution in [0.4, 0.5) is 0 Å². The summed E-state index contributed by atoms with van der Waals surface area (Å²) in [6, 6.07) is 14.6. The van der Waals surface area contributed by atoms with E-state index >= 15 is 0 Å². The lowest BCUT2D eigenvalue weighted by Crippen LogP contribution is -2.39. The van der Waals surface area contributed by atoms with Gasteiger partial charge in [-0.15, -0.1) is 0 Å². The molecular weight excluding hydrogens is 296 g/mol. The van der Waals surface area contributed by atoms with E-state index in [1.165, 1.54) is 7.11 Å². The number of ether oxygens (including phenoxy) is 4. The zero-order valence-electron chi connectivity index (χ0n) is 12.8. The van der Waals surface area contributed by atoms with Gasteiger partial charge in [-0.2, -0.15) is 0 Å². The molecule has 0 N–H and O–H groups in total. The Bertz CT molecular complexity index is 754. The third-order valence-electron chi connectivity index (χ3n) is 4.33. The van der Waals surface area contributed by atoms with E-state index in [1.807, 2.05) is 36.4 Å². The first kappa shape index (κ1) is 14.4. The smallest absolute Gasteiger partial charge is 0.313 e. The minimum atomic E-state index is -1.33. The molecule has 2 aromatic carbocycles. The molecule has 0 amide bonds.